The molecule has 1 N–H and O–H groups in total. The predicted molar refractivity (Wildman–Crippen MR) is 54.3 cm³/mol. The maximum Gasteiger partial charge on any atom is 0.154 e. The molecule has 0 saturated heterocycles. The molecule has 0 aromatic carbocycles. The molecule has 0 bridgehead atoms. The van der Waals surface area contributed by atoms with Gasteiger partial charge in [-0.05, 0) is 12.8 Å². The van der Waals surface area contributed by atoms with Crippen LogP contribution in [0.5, 0.6) is 0 Å². The molecule has 0 unspecified atom stereocenters. The first-order valence-electron chi connectivity index (χ1n) is 4.50. The van der Waals surface area contributed by atoms with Crippen LogP contribution >= 0.6 is 0 Å². The molecule has 1 heterocycles. The standard InChI is InChI=1S/C10H13N3O/c1-2-3-4-5-7-13-8-6-11-10(13)9-12-14/h1,6,8-9,14H,3-5,7H2/b12-9+. The third-order valence-corrected chi connectivity index (χ3v) is 1.89. The predicted octanol–water partition coefficient (Wildman–Crippen LogP) is 1.49. The van der Waals surface area contributed by atoms with Gasteiger partial charge in [-0.15, -0.1) is 12.3 Å². The topological polar surface area (TPSA) is 50.4 Å². The maximum absolute atomic E-state index is 8.36. The number of imidazole rings is 1. The summed E-state index contributed by atoms with van der Waals surface area (Å²) in [6, 6.07) is 0. The second-order valence-electron chi connectivity index (χ2n) is 2.88. The van der Waals surface area contributed by atoms with Gasteiger partial charge in [-0.25, -0.2) is 4.98 Å². The number of unbranched alkanes of at least 4 members (excludes halogenated alkanes) is 2. The van der Waals surface area contributed by atoms with E-state index in [1.807, 2.05) is 10.8 Å². The van der Waals surface area contributed by atoms with Gasteiger partial charge in [0.1, 0.15) is 6.21 Å². The number of aromatic nitrogens is 2. The van der Waals surface area contributed by atoms with Crippen molar-refractivity contribution in [1.29, 1.82) is 0 Å². The molecule has 0 fully saturated rings. The van der Waals surface area contributed by atoms with Crippen molar-refractivity contribution < 1.29 is 5.21 Å². The Morgan fingerprint density at radius 3 is 3.21 bits per heavy atom. The fourth-order valence-corrected chi connectivity index (χ4v) is 1.20. The molecule has 74 valence electrons. The fourth-order valence-electron chi connectivity index (χ4n) is 1.20. The van der Waals surface area contributed by atoms with Gasteiger partial charge in [0.05, 0.1) is 0 Å². The Balaban J connectivity index is 2.42. The molecule has 1 aromatic rings. The highest BCUT2D eigenvalue weighted by Crippen LogP contribution is 2.01. The molecule has 0 radical (unpaired) electrons. The minimum Gasteiger partial charge on any atom is -0.411 e. The van der Waals surface area contributed by atoms with Crippen LogP contribution in [0.4, 0.5) is 0 Å². The Morgan fingerprint density at radius 2 is 2.50 bits per heavy atom. The summed E-state index contributed by atoms with van der Waals surface area (Å²) < 4.78 is 1.93. The number of aryl methyl sites for hydroxylation is 1. The molecular formula is C10H13N3O. The molecule has 1 aromatic heterocycles. The van der Waals surface area contributed by atoms with E-state index < -0.39 is 0 Å². The second-order valence-corrected chi connectivity index (χ2v) is 2.88. The van der Waals surface area contributed by atoms with Gasteiger partial charge in [-0.2, -0.15) is 0 Å². The van der Waals surface area contributed by atoms with E-state index in [4.69, 9.17) is 11.6 Å². The van der Waals surface area contributed by atoms with Gasteiger partial charge in [-0.3, -0.25) is 0 Å². The monoisotopic (exact) mass is 191 g/mol. The van der Waals surface area contributed by atoms with Crippen LogP contribution in [0, 0.1) is 12.3 Å². The molecule has 4 heteroatoms. The molecule has 0 aliphatic heterocycles. The van der Waals surface area contributed by atoms with E-state index in [-0.39, 0.29) is 0 Å². The number of oxime groups is 1. The molecule has 0 aliphatic carbocycles. The first kappa shape index (κ1) is 10.3. The zero-order valence-electron chi connectivity index (χ0n) is 7.93. The van der Waals surface area contributed by atoms with Crippen LogP contribution in [0.3, 0.4) is 0 Å². The zero-order valence-corrected chi connectivity index (χ0v) is 7.93. The molecule has 0 spiro atoms. The number of terminal acetylenes is 1. The van der Waals surface area contributed by atoms with Crippen LogP contribution in [0.2, 0.25) is 0 Å². The van der Waals surface area contributed by atoms with Gasteiger partial charge in [0.25, 0.3) is 0 Å². The average molecular weight is 191 g/mol. The quantitative estimate of drug-likeness (QED) is 0.252. The lowest BCUT2D eigenvalue weighted by molar-refractivity contribution is 0.321. The van der Waals surface area contributed by atoms with Crippen molar-refractivity contribution in [1.82, 2.24) is 9.55 Å². The van der Waals surface area contributed by atoms with Gasteiger partial charge in [-0.1, -0.05) is 5.16 Å². The van der Waals surface area contributed by atoms with E-state index in [1.54, 1.807) is 6.20 Å². The molecule has 0 saturated carbocycles. The zero-order chi connectivity index (χ0) is 10.2. The van der Waals surface area contributed by atoms with E-state index >= 15 is 0 Å². The van der Waals surface area contributed by atoms with Gasteiger partial charge in [0.2, 0.25) is 0 Å². The molecule has 0 aliphatic rings. The normalized spacial score (nSPS) is 10.5. The molecule has 1 rings (SSSR count). The van der Waals surface area contributed by atoms with Crippen molar-refractivity contribution in [2.75, 3.05) is 0 Å². The lowest BCUT2D eigenvalue weighted by Gasteiger charge is -2.02. The third-order valence-electron chi connectivity index (χ3n) is 1.89. The number of nitrogens with zero attached hydrogens (tertiary/aromatic N) is 3. The Labute approximate surface area is 83.3 Å². The summed E-state index contributed by atoms with van der Waals surface area (Å²) in [5.41, 5.74) is 0. The van der Waals surface area contributed by atoms with Crippen LogP contribution in [-0.2, 0) is 6.54 Å². The summed E-state index contributed by atoms with van der Waals surface area (Å²) in [6.07, 6.45) is 12.8. The minimum absolute atomic E-state index is 0.660. The number of hydrogen-bond acceptors (Lipinski definition) is 3. The number of hydrogen-bond donors (Lipinski definition) is 1. The summed E-state index contributed by atoms with van der Waals surface area (Å²) in [5, 5.41) is 11.3. The van der Waals surface area contributed by atoms with Crippen molar-refractivity contribution in [2.24, 2.45) is 5.16 Å². The molecule has 4 nitrogen and oxygen atoms in total. The van der Waals surface area contributed by atoms with Crippen LogP contribution in [0.25, 0.3) is 0 Å². The molecular weight excluding hydrogens is 178 g/mol. The molecule has 14 heavy (non-hydrogen) atoms. The van der Waals surface area contributed by atoms with Crippen molar-refractivity contribution >= 4 is 6.21 Å². The van der Waals surface area contributed by atoms with Crippen molar-refractivity contribution in [3.8, 4) is 12.3 Å². The van der Waals surface area contributed by atoms with Gasteiger partial charge < -0.3 is 9.77 Å². The summed E-state index contributed by atoms with van der Waals surface area (Å²) in [4.78, 5) is 4.02. The van der Waals surface area contributed by atoms with Gasteiger partial charge >= 0.3 is 0 Å². The minimum atomic E-state index is 0.660. The average Bonchev–Trinajstić information content (AvgIpc) is 2.61. The summed E-state index contributed by atoms with van der Waals surface area (Å²) in [7, 11) is 0. The SMILES string of the molecule is C#CCCCCn1ccnc1/C=N/O. The van der Waals surface area contributed by atoms with Crippen LogP contribution < -0.4 is 0 Å². The number of rotatable bonds is 5. The fraction of sp³-hybridized carbons (Fsp3) is 0.400. The largest absolute Gasteiger partial charge is 0.411 e. The second kappa shape index (κ2) is 5.81. The first-order valence-corrected chi connectivity index (χ1v) is 4.50. The lowest BCUT2D eigenvalue weighted by atomic mass is 10.2. The van der Waals surface area contributed by atoms with Crippen molar-refractivity contribution in [2.45, 2.75) is 25.8 Å². The summed E-state index contributed by atoms with van der Waals surface area (Å²) in [5.74, 6) is 3.26. The highest BCUT2D eigenvalue weighted by Gasteiger charge is 1.98. The maximum atomic E-state index is 8.36. The highest BCUT2D eigenvalue weighted by atomic mass is 16.4. The molecule has 0 amide bonds. The Kier molecular flexibility index (Phi) is 4.29. The Hall–Kier alpha value is -1.76. The first-order chi connectivity index (χ1) is 6.88. The summed E-state index contributed by atoms with van der Waals surface area (Å²) in [6.45, 7) is 0.850. The Bertz CT molecular complexity index is 335. The van der Waals surface area contributed by atoms with Gasteiger partial charge in [0, 0.05) is 25.4 Å². The smallest absolute Gasteiger partial charge is 0.154 e. The van der Waals surface area contributed by atoms with Gasteiger partial charge in [0.15, 0.2) is 5.82 Å². The molecule has 0 atom stereocenters. The van der Waals surface area contributed by atoms with Crippen molar-refractivity contribution in [3.05, 3.63) is 18.2 Å². The summed E-state index contributed by atoms with van der Waals surface area (Å²) >= 11 is 0. The van der Waals surface area contributed by atoms with E-state index in [9.17, 15) is 0 Å². The van der Waals surface area contributed by atoms with Crippen LogP contribution in [0.1, 0.15) is 25.1 Å². The van der Waals surface area contributed by atoms with Crippen LogP contribution in [0.15, 0.2) is 17.5 Å². The Morgan fingerprint density at radius 1 is 1.64 bits per heavy atom. The highest BCUT2D eigenvalue weighted by molar-refractivity contribution is 5.74. The third kappa shape index (κ3) is 2.94. The van der Waals surface area contributed by atoms with Crippen molar-refractivity contribution in [3.63, 3.8) is 0 Å². The van der Waals surface area contributed by atoms with E-state index in [2.05, 4.69) is 16.1 Å². The van der Waals surface area contributed by atoms with E-state index in [0.717, 1.165) is 25.8 Å². The van der Waals surface area contributed by atoms with E-state index in [0.29, 0.717) is 5.82 Å². The lowest BCUT2D eigenvalue weighted by Crippen LogP contribution is -2.02. The van der Waals surface area contributed by atoms with E-state index in [1.165, 1.54) is 6.21 Å². The van der Waals surface area contributed by atoms with Crippen LogP contribution in [-0.4, -0.2) is 21.0 Å².